The van der Waals surface area contributed by atoms with Gasteiger partial charge < -0.3 is 19.4 Å². The van der Waals surface area contributed by atoms with E-state index in [2.05, 4.69) is 27.1 Å². The van der Waals surface area contributed by atoms with E-state index < -0.39 is 0 Å². The normalized spacial score (nSPS) is 29.2. The number of aliphatic hydroxyl groups excluding tert-OH is 1. The van der Waals surface area contributed by atoms with Crippen LogP contribution in [0.25, 0.3) is 11.1 Å². The summed E-state index contributed by atoms with van der Waals surface area (Å²) in [6.45, 7) is 6.39. The first-order valence-corrected chi connectivity index (χ1v) is 11.6. The Morgan fingerprint density at radius 2 is 1.94 bits per heavy atom. The molecule has 1 aliphatic carbocycles. The van der Waals surface area contributed by atoms with Gasteiger partial charge in [0.2, 0.25) is 5.91 Å². The molecule has 2 aromatic heterocycles. The molecule has 4 heterocycles. The van der Waals surface area contributed by atoms with E-state index in [1.807, 2.05) is 20.0 Å². The summed E-state index contributed by atoms with van der Waals surface area (Å²) in [7, 11) is 0. The average Bonchev–Trinajstić information content (AvgIpc) is 3.28. The third kappa shape index (κ3) is 3.63. The molecule has 7 heteroatoms. The smallest absolute Gasteiger partial charge is 0.230 e. The second kappa shape index (κ2) is 7.93. The van der Waals surface area contributed by atoms with Crippen LogP contribution in [0.3, 0.4) is 0 Å². The quantitative estimate of drug-likeness (QED) is 0.812. The minimum atomic E-state index is -0.281. The average molecular weight is 425 g/mol. The van der Waals surface area contributed by atoms with E-state index >= 15 is 0 Å². The van der Waals surface area contributed by atoms with Crippen LogP contribution in [0.1, 0.15) is 56.4 Å². The molecule has 0 radical (unpaired) electrons. The highest BCUT2D eigenvalue weighted by molar-refractivity contribution is 5.86. The Kier molecular flexibility index (Phi) is 5.24. The molecular weight excluding hydrogens is 392 g/mol. The minimum Gasteiger partial charge on any atom is -0.393 e. The standard InChI is InChI=1S/C24H32N4O3/c1-16-22(17(2)31-26-16)18-4-9-21(25-14-18)27-12-3-10-24(15-27)11-13-28(23(24)30)19-5-7-20(29)8-6-19/h4,9,14,19-20,29H,3,5-8,10-13,15H2,1-2H3/t19-,20-,24-/m1/s1. The summed E-state index contributed by atoms with van der Waals surface area (Å²) in [5.74, 6) is 2.06. The van der Waals surface area contributed by atoms with E-state index in [0.717, 1.165) is 93.0 Å². The number of carbonyl (C=O) groups excluding carboxylic acids is 1. The molecule has 2 aliphatic heterocycles. The number of aromatic nitrogens is 2. The first kappa shape index (κ1) is 20.5. The fourth-order valence-corrected chi connectivity index (χ4v) is 5.89. The molecule has 0 aromatic carbocycles. The molecular formula is C24H32N4O3. The maximum atomic E-state index is 13.5. The highest BCUT2D eigenvalue weighted by Crippen LogP contribution is 2.43. The van der Waals surface area contributed by atoms with Crippen molar-refractivity contribution in [2.24, 2.45) is 5.41 Å². The number of anilines is 1. The lowest BCUT2D eigenvalue weighted by Crippen LogP contribution is -2.50. The number of hydrogen-bond donors (Lipinski definition) is 1. The monoisotopic (exact) mass is 424 g/mol. The van der Waals surface area contributed by atoms with Crippen molar-refractivity contribution in [3.63, 3.8) is 0 Å². The molecule has 1 atom stereocenters. The third-order valence-electron chi connectivity index (χ3n) is 7.62. The van der Waals surface area contributed by atoms with E-state index in [4.69, 9.17) is 9.51 Å². The van der Waals surface area contributed by atoms with Gasteiger partial charge >= 0.3 is 0 Å². The first-order chi connectivity index (χ1) is 15.0. The van der Waals surface area contributed by atoms with Crippen LogP contribution in [-0.2, 0) is 4.79 Å². The molecule has 1 saturated carbocycles. The summed E-state index contributed by atoms with van der Waals surface area (Å²) in [5, 5.41) is 13.9. The van der Waals surface area contributed by atoms with E-state index in [9.17, 15) is 9.90 Å². The van der Waals surface area contributed by atoms with Gasteiger partial charge in [-0.2, -0.15) is 0 Å². The third-order valence-corrected chi connectivity index (χ3v) is 7.62. The van der Waals surface area contributed by atoms with Gasteiger partial charge in [0.25, 0.3) is 0 Å². The lowest BCUT2D eigenvalue weighted by atomic mass is 9.78. The van der Waals surface area contributed by atoms with Crippen LogP contribution in [0.15, 0.2) is 22.9 Å². The fourth-order valence-electron chi connectivity index (χ4n) is 5.89. The lowest BCUT2D eigenvalue weighted by Gasteiger charge is -2.41. The second-order valence-corrected chi connectivity index (χ2v) is 9.62. The number of likely N-dealkylation sites (tertiary alicyclic amines) is 1. The second-order valence-electron chi connectivity index (χ2n) is 9.62. The van der Waals surface area contributed by atoms with Crippen molar-refractivity contribution in [2.75, 3.05) is 24.5 Å². The Morgan fingerprint density at radius 1 is 1.13 bits per heavy atom. The van der Waals surface area contributed by atoms with Gasteiger partial charge in [-0.15, -0.1) is 0 Å². The number of nitrogens with zero attached hydrogens (tertiary/aromatic N) is 4. The van der Waals surface area contributed by atoms with E-state index in [-0.39, 0.29) is 11.5 Å². The van der Waals surface area contributed by atoms with Gasteiger partial charge in [-0.3, -0.25) is 4.79 Å². The number of pyridine rings is 1. The van der Waals surface area contributed by atoms with Crippen molar-refractivity contribution in [1.29, 1.82) is 0 Å². The molecule has 7 nitrogen and oxygen atoms in total. The molecule has 1 spiro atoms. The summed E-state index contributed by atoms with van der Waals surface area (Å²) in [6.07, 6.45) is 8.09. The molecule has 1 amide bonds. The lowest BCUT2D eigenvalue weighted by molar-refractivity contribution is -0.139. The SMILES string of the molecule is Cc1noc(C)c1-c1ccc(N2CCC[C@@]3(CCN([C@H]4CC[C@H](O)CC4)C3=O)C2)nc1. The number of amides is 1. The van der Waals surface area contributed by atoms with Crippen LogP contribution in [0, 0.1) is 19.3 Å². The van der Waals surface area contributed by atoms with Crippen molar-refractivity contribution in [3.05, 3.63) is 29.8 Å². The summed E-state index contributed by atoms with van der Waals surface area (Å²) >= 11 is 0. The molecule has 3 aliphatic rings. The van der Waals surface area contributed by atoms with Crippen LogP contribution >= 0.6 is 0 Å². The number of carbonyl (C=O) groups is 1. The highest BCUT2D eigenvalue weighted by Gasteiger charge is 2.50. The van der Waals surface area contributed by atoms with E-state index in [1.54, 1.807) is 0 Å². The Hall–Kier alpha value is -2.41. The molecule has 2 aromatic rings. The first-order valence-electron chi connectivity index (χ1n) is 11.6. The molecule has 5 rings (SSSR count). The van der Waals surface area contributed by atoms with Crippen LogP contribution < -0.4 is 4.90 Å². The van der Waals surface area contributed by atoms with Crippen molar-refractivity contribution in [2.45, 2.75) is 70.9 Å². The Balaban J connectivity index is 1.31. The zero-order chi connectivity index (χ0) is 21.6. The predicted octanol–water partition coefficient (Wildman–Crippen LogP) is 3.48. The molecule has 2 saturated heterocycles. The summed E-state index contributed by atoms with van der Waals surface area (Å²) in [6, 6.07) is 4.43. The predicted molar refractivity (Wildman–Crippen MR) is 118 cm³/mol. The van der Waals surface area contributed by atoms with Gasteiger partial charge in [0, 0.05) is 43.0 Å². The maximum Gasteiger partial charge on any atom is 0.230 e. The van der Waals surface area contributed by atoms with Crippen molar-refractivity contribution in [3.8, 4) is 11.1 Å². The number of piperidine rings is 1. The van der Waals surface area contributed by atoms with Gasteiger partial charge in [-0.1, -0.05) is 5.16 Å². The van der Waals surface area contributed by atoms with Crippen molar-refractivity contribution < 1.29 is 14.4 Å². The van der Waals surface area contributed by atoms with Gasteiger partial charge in [0.1, 0.15) is 11.6 Å². The number of aryl methyl sites for hydroxylation is 2. The zero-order valence-corrected chi connectivity index (χ0v) is 18.5. The van der Waals surface area contributed by atoms with Gasteiger partial charge in [0.05, 0.1) is 17.2 Å². The fraction of sp³-hybridized carbons (Fsp3) is 0.625. The largest absolute Gasteiger partial charge is 0.393 e. The van der Waals surface area contributed by atoms with Crippen LogP contribution in [-0.4, -0.2) is 57.8 Å². The van der Waals surface area contributed by atoms with Gasteiger partial charge in [-0.05, 0) is 70.9 Å². The van der Waals surface area contributed by atoms with Crippen LogP contribution in [0.5, 0.6) is 0 Å². The zero-order valence-electron chi connectivity index (χ0n) is 18.5. The molecule has 0 bridgehead atoms. The molecule has 0 unspecified atom stereocenters. The number of rotatable bonds is 3. The Bertz CT molecular complexity index is 929. The number of aliphatic hydroxyl groups is 1. The molecule has 166 valence electrons. The van der Waals surface area contributed by atoms with Crippen LogP contribution in [0.4, 0.5) is 5.82 Å². The van der Waals surface area contributed by atoms with Crippen molar-refractivity contribution in [1.82, 2.24) is 15.0 Å². The van der Waals surface area contributed by atoms with Crippen LogP contribution in [0.2, 0.25) is 0 Å². The summed E-state index contributed by atoms with van der Waals surface area (Å²) in [5.41, 5.74) is 2.61. The van der Waals surface area contributed by atoms with Gasteiger partial charge in [0.15, 0.2) is 0 Å². The molecule has 1 N–H and O–H groups in total. The Labute approximate surface area is 183 Å². The van der Waals surface area contributed by atoms with Crippen molar-refractivity contribution >= 4 is 11.7 Å². The van der Waals surface area contributed by atoms with E-state index in [1.165, 1.54) is 0 Å². The Morgan fingerprint density at radius 3 is 2.61 bits per heavy atom. The molecule has 31 heavy (non-hydrogen) atoms. The van der Waals surface area contributed by atoms with E-state index in [0.29, 0.717) is 11.9 Å². The number of hydrogen-bond acceptors (Lipinski definition) is 6. The highest BCUT2D eigenvalue weighted by atomic mass is 16.5. The minimum absolute atomic E-state index is 0.187. The maximum absolute atomic E-state index is 13.5. The topological polar surface area (TPSA) is 82.7 Å². The summed E-state index contributed by atoms with van der Waals surface area (Å²) in [4.78, 5) is 22.7. The van der Waals surface area contributed by atoms with Gasteiger partial charge in [-0.25, -0.2) is 4.98 Å². The summed E-state index contributed by atoms with van der Waals surface area (Å²) < 4.78 is 5.29. The molecule has 3 fully saturated rings.